The summed E-state index contributed by atoms with van der Waals surface area (Å²) in [5.74, 6) is 0.112. The van der Waals surface area contributed by atoms with E-state index in [0.29, 0.717) is 5.69 Å². The molecule has 0 bridgehead atoms. The summed E-state index contributed by atoms with van der Waals surface area (Å²) in [4.78, 5) is 16.3. The quantitative estimate of drug-likeness (QED) is 0.773. The average molecular weight is 237 g/mol. The Balaban J connectivity index is 2.00. The fraction of sp³-hybridized carbons (Fsp3) is 0.636. The molecule has 94 valence electrons. The lowest BCUT2D eigenvalue weighted by atomic mass is 10.2. The van der Waals surface area contributed by atoms with Crippen LogP contribution in [0.4, 0.5) is 5.69 Å². The molecule has 0 spiro atoms. The maximum Gasteiger partial charge on any atom is 0.247 e. The van der Waals surface area contributed by atoms with Crippen molar-refractivity contribution < 1.29 is 4.79 Å². The number of nitrogen functional groups attached to an aromatic ring is 1. The fourth-order valence-corrected chi connectivity index (χ4v) is 1.97. The second-order valence-electron chi connectivity index (χ2n) is 4.56. The molecule has 2 rings (SSSR count). The smallest absolute Gasteiger partial charge is 0.247 e. The summed E-state index contributed by atoms with van der Waals surface area (Å²) in [5.41, 5.74) is 6.18. The van der Waals surface area contributed by atoms with E-state index in [1.54, 1.807) is 17.1 Å². The number of carbonyl (C=O) groups is 1. The summed E-state index contributed by atoms with van der Waals surface area (Å²) in [6.07, 6.45) is 3.26. The van der Waals surface area contributed by atoms with Crippen LogP contribution in [0.1, 0.15) is 13.0 Å². The first kappa shape index (κ1) is 11.9. The number of likely N-dealkylation sites (N-methyl/N-ethyl adjacent to an activating group) is 1. The summed E-state index contributed by atoms with van der Waals surface area (Å²) in [6, 6.07) is -0.282. The second kappa shape index (κ2) is 4.75. The fourth-order valence-electron chi connectivity index (χ4n) is 1.97. The first-order valence-electron chi connectivity index (χ1n) is 5.85. The standard InChI is InChI=1S/C11H19N5O/c1-9(16-8-10(12)7-13-16)11(17)15-5-3-14(2)4-6-15/h7-9H,3-6,12H2,1-2H3. The van der Waals surface area contributed by atoms with Gasteiger partial charge in [-0.05, 0) is 14.0 Å². The Morgan fingerprint density at radius 2 is 2.06 bits per heavy atom. The summed E-state index contributed by atoms with van der Waals surface area (Å²) in [6.45, 7) is 5.29. The lowest BCUT2D eigenvalue weighted by molar-refractivity contribution is -0.136. The van der Waals surface area contributed by atoms with Gasteiger partial charge in [-0.3, -0.25) is 9.48 Å². The van der Waals surface area contributed by atoms with Crippen molar-refractivity contribution in [2.24, 2.45) is 0 Å². The van der Waals surface area contributed by atoms with E-state index in [1.165, 1.54) is 0 Å². The molecule has 6 heteroatoms. The van der Waals surface area contributed by atoms with E-state index in [-0.39, 0.29) is 11.9 Å². The van der Waals surface area contributed by atoms with Gasteiger partial charge in [-0.1, -0.05) is 0 Å². The van der Waals surface area contributed by atoms with Crippen LogP contribution in [0.25, 0.3) is 0 Å². The summed E-state index contributed by atoms with van der Waals surface area (Å²) < 4.78 is 1.62. The minimum Gasteiger partial charge on any atom is -0.396 e. The number of aromatic nitrogens is 2. The third-order valence-corrected chi connectivity index (χ3v) is 3.19. The topological polar surface area (TPSA) is 67.4 Å². The Labute approximate surface area is 101 Å². The van der Waals surface area contributed by atoms with Gasteiger partial charge in [-0.25, -0.2) is 0 Å². The zero-order chi connectivity index (χ0) is 12.4. The van der Waals surface area contributed by atoms with Crippen molar-refractivity contribution in [3.05, 3.63) is 12.4 Å². The highest BCUT2D eigenvalue weighted by atomic mass is 16.2. The van der Waals surface area contributed by atoms with Gasteiger partial charge in [0, 0.05) is 32.4 Å². The van der Waals surface area contributed by atoms with Crippen molar-refractivity contribution in [1.82, 2.24) is 19.6 Å². The summed E-state index contributed by atoms with van der Waals surface area (Å²) in [5, 5.41) is 4.08. The van der Waals surface area contributed by atoms with Crippen molar-refractivity contribution in [3.8, 4) is 0 Å². The molecule has 2 heterocycles. The van der Waals surface area contributed by atoms with Crippen molar-refractivity contribution in [2.45, 2.75) is 13.0 Å². The molecule has 1 amide bonds. The number of piperazine rings is 1. The molecule has 1 saturated heterocycles. The monoisotopic (exact) mass is 237 g/mol. The Morgan fingerprint density at radius 3 is 2.59 bits per heavy atom. The first-order chi connectivity index (χ1) is 8.08. The molecule has 1 aromatic rings. The first-order valence-corrected chi connectivity index (χ1v) is 5.85. The summed E-state index contributed by atoms with van der Waals surface area (Å²) in [7, 11) is 2.07. The van der Waals surface area contributed by atoms with Crippen LogP contribution in [0, 0.1) is 0 Å². The van der Waals surface area contributed by atoms with Crippen LogP contribution < -0.4 is 5.73 Å². The Hall–Kier alpha value is -1.56. The maximum atomic E-state index is 12.2. The Morgan fingerprint density at radius 1 is 1.41 bits per heavy atom. The highest BCUT2D eigenvalue weighted by Crippen LogP contribution is 2.12. The van der Waals surface area contributed by atoms with Crippen molar-refractivity contribution in [3.63, 3.8) is 0 Å². The van der Waals surface area contributed by atoms with Crippen LogP contribution in [0.2, 0.25) is 0 Å². The van der Waals surface area contributed by atoms with Gasteiger partial charge in [0.05, 0.1) is 11.9 Å². The van der Waals surface area contributed by atoms with Gasteiger partial charge >= 0.3 is 0 Å². The SMILES string of the molecule is CC(C(=O)N1CCN(C)CC1)n1cc(N)cn1. The van der Waals surface area contributed by atoms with E-state index in [1.807, 2.05) is 11.8 Å². The maximum absolute atomic E-state index is 12.2. The Kier molecular flexibility index (Phi) is 3.33. The van der Waals surface area contributed by atoms with Crippen LogP contribution in [-0.4, -0.2) is 58.7 Å². The molecule has 0 aromatic carbocycles. The minimum absolute atomic E-state index is 0.112. The van der Waals surface area contributed by atoms with Gasteiger partial charge in [0.15, 0.2) is 0 Å². The molecule has 1 aromatic heterocycles. The number of hydrogen-bond acceptors (Lipinski definition) is 4. The molecule has 1 aliphatic rings. The van der Waals surface area contributed by atoms with Gasteiger partial charge in [-0.2, -0.15) is 5.10 Å². The molecular formula is C11H19N5O. The number of nitrogens with zero attached hydrogens (tertiary/aromatic N) is 4. The van der Waals surface area contributed by atoms with Crippen LogP contribution in [-0.2, 0) is 4.79 Å². The van der Waals surface area contributed by atoms with E-state index in [0.717, 1.165) is 26.2 Å². The van der Waals surface area contributed by atoms with E-state index in [4.69, 9.17) is 5.73 Å². The highest BCUT2D eigenvalue weighted by Gasteiger charge is 2.24. The number of carbonyl (C=O) groups excluding carboxylic acids is 1. The van der Waals surface area contributed by atoms with Gasteiger partial charge in [0.2, 0.25) is 5.91 Å². The van der Waals surface area contributed by atoms with E-state index in [9.17, 15) is 4.79 Å². The molecule has 0 radical (unpaired) electrons. The van der Waals surface area contributed by atoms with E-state index < -0.39 is 0 Å². The lowest BCUT2D eigenvalue weighted by Gasteiger charge is -2.33. The van der Waals surface area contributed by atoms with E-state index in [2.05, 4.69) is 17.0 Å². The van der Waals surface area contributed by atoms with Gasteiger partial charge < -0.3 is 15.5 Å². The predicted molar refractivity (Wildman–Crippen MR) is 65.4 cm³/mol. The zero-order valence-corrected chi connectivity index (χ0v) is 10.3. The van der Waals surface area contributed by atoms with Gasteiger partial charge in [0.1, 0.15) is 6.04 Å². The van der Waals surface area contributed by atoms with Crippen LogP contribution in [0.15, 0.2) is 12.4 Å². The second-order valence-corrected chi connectivity index (χ2v) is 4.56. The van der Waals surface area contributed by atoms with Crippen molar-refractivity contribution in [1.29, 1.82) is 0 Å². The lowest BCUT2D eigenvalue weighted by Crippen LogP contribution is -2.49. The van der Waals surface area contributed by atoms with Crippen LogP contribution in [0.5, 0.6) is 0 Å². The minimum atomic E-state index is -0.282. The summed E-state index contributed by atoms with van der Waals surface area (Å²) >= 11 is 0. The molecule has 17 heavy (non-hydrogen) atoms. The number of rotatable bonds is 2. The van der Waals surface area contributed by atoms with Crippen LogP contribution in [0.3, 0.4) is 0 Å². The molecule has 0 aliphatic carbocycles. The normalized spacial score (nSPS) is 19.3. The number of amides is 1. The Bertz CT molecular complexity index is 394. The molecule has 1 aliphatic heterocycles. The molecule has 1 atom stereocenters. The van der Waals surface area contributed by atoms with Gasteiger partial charge in [0.25, 0.3) is 0 Å². The number of hydrogen-bond donors (Lipinski definition) is 1. The highest BCUT2D eigenvalue weighted by molar-refractivity contribution is 5.80. The van der Waals surface area contributed by atoms with Crippen LogP contribution >= 0.6 is 0 Å². The molecule has 6 nitrogen and oxygen atoms in total. The molecule has 1 unspecified atom stereocenters. The van der Waals surface area contributed by atoms with Crippen molar-refractivity contribution >= 4 is 11.6 Å². The molecule has 0 saturated carbocycles. The number of nitrogens with two attached hydrogens (primary N) is 1. The van der Waals surface area contributed by atoms with Gasteiger partial charge in [-0.15, -0.1) is 0 Å². The molecule has 1 fully saturated rings. The zero-order valence-electron chi connectivity index (χ0n) is 10.3. The third-order valence-electron chi connectivity index (χ3n) is 3.19. The number of anilines is 1. The molecule has 2 N–H and O–H groups in total. The largest absolute Gasteiger partial charge is 0.396 e. The third kappa shape index (κ3) is 2.58. The molecular weight excluding hydrogens is 218 g/mol. The van der Waals surface area contributed by atoms with E-state index >= 15 is 0 Å². The predicted octanol–water partition coefficient (Wildman–Crippen LogP) is -0.200. The van der Waals surface area contributed by atoms with Crippen molar-refractivity contribution in [2.75, 3.05) is 39.0 Å². The average Bonchev–Trinajstić information content (AvgIpc) is 2.75.